The normalized spacial score (nSPS) is 13.6. The number of benzene rings is 1. The lowest BCUT2D eigenvalue weighted by Crippen LogP contribution is -2.29. The van der Waals surface area contributed by atoms with Crippen molar-refractivity contribution in [1.29, 1.82) is 0 Å². The third-order valence-corrected chi connectivity index (χ3v) is 6.43. The zero-order chi connectivity index (χ0) is 26.5. The van der Waals surface area contributed by atoms with E-state index in [4.69, 9.17) is 15.2 Å². The molecule has 3 amide bonds. The van der Waals surface area contributed by atoms with E-state index in [0.29, 0.717) is 54.0 Å². The van der Waals surface area contributed by atoms with Crippen LogP contribution in [0.1, 0.15) is 65.4 Å². The van der Waals surface area contributed by atoms with Gasteiger partial charge in [0, 0.05) is 31.9 Å². The molecule has 1 aliphatic rings. The Morgan fingerprint density at radius 3 is 2.65 bits per heavy atom. The first-order valence-electron chi connectivity index (χ1n) is 12.5. The summed E-state index contributed by atoms with van der Waals surface area (Å²) in [5.74, 6) is -0.301. The molecule has 0 spiro atoms. The highest BCUT2D eigenvalue weighted by Crippen LogP contribution is 2.31. The zero-order valence-corrected chi connectivity index (χ0v) is 21.4. The molecule has 0 saturated heterocycles. The minimum absolute atomic E-state index is 0.0105. The van der Waals surface area contributed by atoms with E-state index in [1.807, 2.05) is 6.92 Å². The quantitative estimate of drug-likeness (QED) is 0.353. The molecule has 0 radical (unpaired) electrons. The highest BCUT2D eigenvalue weighted by atomic mass is 16.6. The smallest absolute Gasteiger partial charge is 0.407 e. The van der Waals surface area contributed by atoms with Crippen molar-refractivity contribution in [3.8, 4) is 5.75 Å². The molecule has 1 aromatic carbocycles. The number of methoxy groups -OCH3 is 1. The largest absolute Gasteiger partial charge is 0.494 e. The molecule has 0 aliphatic heterocycles. The number of imidazole rings is 1. The topological polar surface area (TPSA) is 155 Å². The Bertz CT molecular complexity index is 1310. The minimum Gasteiger partial charge on any atom is -0.494 e. The predicted octanol–water partition coefficient (Wildman–Crippen LogP) is 2.75. The van der Waals surface area contributed by atoms with Crippen molar-refractivity contribution in [3.05, 3.63) is 35.2 Å². The number of fused-ring (bicyclic) bond motifs is 1. The highest BCUT2D eigenvalue weighted by molar-refractivity contribution is 6.05. The van der Waals surface area contributed by atoms with Crippen LogP contribution in [-0.2, 0) is 24.8 Å². The van der Waals surface area contributed by atoms with Crippen LogP contribution in [0.3, 0.4) is 0 Å². The molecule has 2 heterocycles. The van der Waals surface area contributed by atoms with Gasteiger partial charge < -0.3 is 25.1 Å². The van der Waals surface area contributed by atoms with E-state index in [0.717, 1.165) is 25.7 Å². The first kappa shape index (κ1) is 26.0. The minimum atomic E-state index is -0.617. The van der Waals surface area contributed by atoms with Crippen LogP contribution in [0.15, 0.2) is 18.3 Å². The van der Waals surface area contributed by atoms with Gasteiger partial charge in [-0.25, -0.2) is 9.78 Å². The van der Waals surface area contributed by atoms with Gasteiger partial charge in [-0.2, -0.15) is 5.10 Å². The standard InChI is InChI=1S/C25H33N7O5/c1-4-18-17(14-31(2)30-18)23(34)29-24-28-19-12-15(22(26)33)13-20(36-3)21(19)32(24)11-7-10-27-25(35)37-16-8-5-6-9-16/h12-14,16H,4-11H2,1-3H3,(H2,26,33)(H,27,35)(H,28,29,34). The maximum absolute atomic E-state index is 13.2. The van der Waals surface area contributed by atoms with Crippen molar-refractivity contribution in [3.63, 3.8) is 0 Å². The Balaban J connectivity index is 1.57. The second-order valence-electron chi connectivity index (χ2n) is 9.06. The Morgan fingerprint density at radius 1 is 1.22 bits per heavy atom. The van der Waals surface area contributed by atoms with Crippen LogP contribution in [0.5, 0.6) is 5.75 Å². The molecule has 2 aromatic heterocycles. The van der Waals surface area contributed by atoms with Crippen LogP contribution >= 0.6 is 0 Å². The second kappa shape index (κ2) is 11.3. The van der Waals surface area contributed by atoms with Gasteiger partial charge in [0.05, 0.1) is 23.9 Å². The van der Waals surface area contributed by atoms with E-state index in [-0.39, 0.29) is 23.5 Å². The molecule has 0 atom stereocenters. The summed E-state index contributed by atoms with van der Waals surface area (Å²) in [4.78, 5) is 41.7. The Labute approximate surface area is 214 Å². The molecule has 1 aliphatic carbocycles. The monoisotopic (exact) mass is 511 g/mol. The van der Waals surface area contributed by atoms with E-state index in [1.54, 1.807) is 34.6 Å². The van der Waals surface area contributed by atoms with E-state index in [1.165, 1.54) is 7.11 Å². The summed E-state index contributed by atoms with van der Waals surface area (Å²) in [5.41, 5.74) is 7.88. The number of primary amides is 1. The lowest BCUT2D eigenvalue weighted by molar-refractivity contribution is 0.0994. The van der Waals surface area contributed by atoms with Crippen molar-refractivity contribution in [2.24, 2.45) is 12.8 Å². The number of alkyl carbamates (subject to hydrolysis) is 1. The number of hydrogen-bond acceptors (Lipinski definition) is 7. The SMILES string of the molecule is CCc1nn(C)cc1C(=O)Nc1nc2cc(C(N)=O)cc(OC)c2n1CCCNC(=O)OC1CCCC1. The number of carbonyl (C=O) groups excluding carboxylic acids is 3. The summed E-state index contributed by atoms with van der Waals surface area (Å²) >= 11 is 0. The van der Waals surface area contributed by atoms with Gasteiger partial charge in [0.1, 0.15) is 17.4 Å². The number of anilines is 1. The van der Waals surface area contributed by atoms with Gasteiger partial charge in [-0.1, -0.05) is 6.92 Å². The summed E-state index contributed by atoms with van der Waals surface area (Å²) in [7, 11) is 3.24. The summed E-state index contributed by atoms with van der Waals surface area (Å²) < 4.78 is 14.4. The fourth-order valence-electron chi connectivity index (χ4n) is 4.62. The summed E-state index contributed by atoms with van der Waals surface area (Å²) in [6.07, 6.45) is 6.32. The van der Waals surface area contributed by atoms with Crippen molar-refractivity contribution >= 4 is 34.9 Å². The summed E-state index contributed by atoms with van der Waals surface area (Å²) in [6.45, 7) is 2.69. The van der Waals surface area contributed by atoms with Crippen molar-refractivity contribution in [1.82, 2.24) is 24.6 Å². The third kappa shape index (κ3) is 5.84. The van der Waals surface area contributed by atoms with Crippen molar-refractivity contribution in [2.75, 3.05) is 19.0 Å². The maximum atomic E-state index is 13.2. The van der Waals surface area contributed by atoms with Crippen LogP contribution in [0, 0.1) is 0 Å². The van der Waals surface area contributed by atoms with E-state index in [2.05, 4.69) is 20.7 Å². The highest BCUT2D eigenvalue weighted by Gasteiger charge is 2.22. The first-order valence-corrected chi connectivity index (χ1v) is 12.5. The Hall–Kier alpha value is -4.09. The molecule has 1 saturated carbocycles. The molecule has 0 bridgehead atoms. The first-order chi connectivity index (χ1) is 17.8. The number of rotatable bonds is 10. The van der Waals surface area contributed by atoms with Crippen LogP contribution in [0.4, 0.5) is 10.7 Å². The number of carbonyl (C=O) groups is 3. The van der Waals surface area contributed by atoms with Crippen molar-refractivity contribution in [2.45, 2.75) is 58.1 Å². The number of nitrogens with two attached hydrogens (primary N) is 1. The average molecular weight is 512 g/mol. The molecule has 4 rings (SSSR count). The second-order valence-corrected chi connectivity index (χ2v) is 9.06. The molecule has 12 heteroatoms. The molecular formula is C25H33N7O5. The number of hydrogen-bond donors (Lipinski definition) is 3. The number of aryl methyl sites for hydroxylation is 3. The number of nitrogens with zero attached hydrogens (tertiary/aromatic N) is 4. The van der Waals surface area contributed by atoms with Gasteiger partial charge >= 0.3 is 6.09 Å². The predicted molar refractivity (Wildman–Crippen MR) is 137 cm³/mol. The average Bonchev–Trinajstić information content (AvgIpc) is 3.60. The molecule has 0 unspecified atom stereocenters. The van der Waals surface area contributed by atoms with Gasteiger partial charge in [-0.15, -0.1) is 0 Å². The summed E-state index contributed by atoms with van der Waals surface area (Å²) in [6, 6.07) is 3.10. The fraction of sp³-hybridized carbons (Fsp3) is 0.480. The number of ether oxygens (including phenoxy) is 2. The molecule has 1 fully saturated rings. The summed E-state index contributed by atoms with van der Waals surface area (Å²) in [5, 5.41) is 10.0. The third-order valence-electron chi connectivity index (χ3n) is 6.43. The van der Waals surface area contributed by atoms with Gasteiger partial charge in [-0.3, -0.25) is 19.6 Å². The van der Waals surface area contributed by atoms with E-state index in [9.17, 15) is 14.4 Å². The lowest BCUT2D eigenvalue weighted by atomic mass is 10.1. The van der Waals surface area contributed by atoms with E-state index < -0.39 is 12.0 Å². The van der Waals surface area contributed by atoms with Gasteiger partial charge in [0.2, 0.25) is 11.9 Å². The van der Waals surface area contributed by atoms with Crippen LogP contribution in [0.25, 0.3) is 11.0 Å². The Morgan fingerprint density at radius 2 is 1.97 bits per heavy atom. The van der Waals surface area contributed by atoms with Crippen molar-refractivity contribution < 1.29 is 23.9 Å². The molecule has 37 heavy (non-hydrogen) atoms. The fourth-order valence-corrected chi connectivity index (χ4v) is 4.62. The lowest BCUT2D eigenvalue weighted by Gasteiger charge is -2.14. The number of amides is 3. The van der Waals surface area contributed by atoms with E-state index >= 15 is 0 Å². The zero-order valence-electron chi connectivity index (χ0n) is 21.4. The van der Waals surface area contributed by atoms with Gasteiger partial charge in [-0.05, 0) is 50.7 Å². The van der Waals surface area contributed by atoms with Gasteiger partial charge in [0.25, 0.3) is 5.91 Å². The van der Waals surface area contributed by atoms with Crippen LogP contribution < -0.4 is 21.1 Å². The molecule has 198 valence electrons. The van der Waals surface area contributed by atoms with Gasteiger partial charge in [0.15, 0.2) is 0 Å². The molecular weight excluding hydrogens is 478 g/mol. The maximum Gasteiger partial charge on any atom is 0.407 e. The number of aromatic nitrogens is 4. The molecule has 12 nitrogen and oxygen atoms in total. The number of nitrogens with one attached hydrogen (secondary N) is 2. The molecule has 4 N–H and O–H groups in total. The Kier molecular flexibility index (Phi) is 7.95. The molecule has 3 aromatic rings. The van der Waals surface area contributed by atoms with Crippen LogP contribution in [-0.4, -0.2) is 57.0 Å². The van der Waals surface area contributed by atoms with Crippen LogP contribution in [0.2, 0.25) is 0 Å².